The first-order valence-corrected chi connectivity index (χ1v) is 8.43. The van der Waals surface area contributed by atoms with Crippen LogP contribution >= 0.6 is 0 Å². The Morgan fingerprint density at radius 3 is 2.32 bits per heavy atom. The standard InChI is InChI=1S/C20H18N2O6/c1-23-16-9-13(10-17(24-2)19(16)25-3)20-22-21-18(28-20)7-5-12-4-6-14-15(8-12)27-11-26-14/h4-10H,11H2,1-3H3/b7-5+. The van der Waals surface area contributed by atoms with E-state index in [-0.39, 0.29) is 6.79 Å². The lowest BCUT2D eigenvalue weighted by molar-refractivity contribution is 0.174. The minimum Gasteiger partial charge on any atom is -0.493 e. The van der Waals surface area contributed by atoms with E-state index in [2.05, 4.69) is 10.2 Å². The SMILES string of the molecule is COc1cc(-c2nnc(/C=C/c3ccc4c(c3)OCO4)o2)cc(OC)c1OC. The van der Waals surface area contributed by atoms with Gasteiger partial charge in [0.2, 0.25) is 24.3 Å². The summed E-state index contributed by atoms with van der Waals surface area (Å²) in [7, 11) is 4.65. The van der Waals surface area contributed by atoms with Crippen LogP contribution in [0.25, 0.3) is 23.6 Å². The van der Waals surface area contributed by atoms with Crippen LogP contribution in [0.5, 0.6) is 28.7 Å². The fraction of sp³-hybridized carbons (Fsp3) is 0.200. The van der Waals surface area contributed by atoms with Gasteiger partial charge in [0.15, 0.2) is 23.0 Å². The average Bonchev–Trinajstić information content (AvgIpc) is 3.40. The third-order valence-electron chi connectivity index (χ3n) is 4.17. The number of methoxy groups -OCH3 is 3. The Kier molecular flexibility index (Phi) is 4.76. The van der Waals surface area contributed by atoms with Gasteiger partial charge in [-0.05, 0) is 35.9 Å². The van der Waals surface area contributed by atoms with Crippen molar-refractivity contribution >= 4 is 12.2 Å². The van der Waals surface area contributed by atoms with E-state index in [1.54, 1.807) is 39.5 Å². The van der Waals surface area contributed by atoms with Crippen LogP contribution < -0.4 is 23.7 Å². The van der Waals surface area contributed by atoms with Gasteiger partial charge in [0.05, 0.1) is 21.3 Å². The summed E-state index contributed by atoms with van der Waals surface area (Å²) in [6, 6.07) is 9.16. The Bertz CT molecular complexity index is 1000. The molecule has 1 aromatic heterocycles. The van der Waals surface area contributed by atoms with Crippen molar-refractivity contribution in [3.05, 3.63) is 41.8 Å². The zero-order valence-electron chi connectivity index (χ0n) is 15.6. The zero-order chi connectivity index (χ0) is 19.5. The largest absolute Gasteiger partial charge is 0.493 e. The maximum absolute atomic E-state index is 5.74. The van der Waals surface area contributed by atoms with Crippen molar-refractivity contribution in [3.8, 4) is 40.2 Å². The molecular formula is C20H18N2O6. The molecule has 0 bridgehead atoms. The van der Waals surface area contributed by atoms with Gasteiger partial charge in [-0.25, -0.2) is 0 Å². The predicted molar refractivity (Wildman–Crippen MR) is 101 cm³/mol. The van der Waals surface area contributed by atoms with Crippen LogP contribution in [-0.4, -0.2) is 38.3 Å². The molecule has 3 aromatic rings. The van der Waals surface area contributed by atoms with Crippen LogP contribution in [0.1, 0.15) is 11.5 Å². The number of ether oxygens (including phenoxy) is 5. The molecule has 0 spiro atoms. The van der Waals surface area contributed by atoms with Crippen molar-refractivity contribution < 1.29 is 28.1 Å². The van der Waals surface area contributed by atoms with E-state index in [9.17, 15) is 0 Å². The Hall–Kier alpha value is -3.68. The van der Waals surface area contributed by atoms with Crippen LogP contribution in [-0.2, 0) is 0 Å². The van der Waals surface area contributed by atoms with Gasteiger partial charge in [0.1, 0.15) is 0 Å². The number of rotatable bonds is 6. The van der Waals surface area contributed by atoms with Gasteiger partial charge < -0.3 is 28.1 Å². The molecule has 1 aliphatic rings. The van der Waals surface area contributed by atoms with Gasteiger partial charge in [-0.1, -0.05) is 6.07 Å². The van der Waals surface area contributed by atoms with E-state index >= 15 is 0 Å². The summed E-state index contributed by atoms with van der Waals surface area (Å²) in [6.45, 7) is 0.240. The van der Waals surface area contributed by atoms with Gasteiger partial charge >= 0.3 is 0 Å². The second kappa shape index (κ2) is 7.51. The van der Waals surface area contributed by atoms with Crippen molar-refractivity contribution in [1.29, 1.82) is 0 Å². The number of fused-ring (bicyclic) bond motifs is 1. The lowest BCUT2D eigenvalue weighted by atomic mass is 10.2. The van der Waals surface area contributed by atoms with Crippen molar-refractivity contribution in [3.63, 3.8) is 0 Å². The first-order valence-electron chi connectivity index (χ1n) is 8.43. The summed E-state index contributed by atoms with van der Waals surface area (Å²) in [5.41, 5.74) is 1.58. The smallest absolute Gasteiger partial charge is 0.248 e. The Morgan fingerprint density at radius 1 is 0.857 bits per heavy atom. The maximum Gasteiger partial charge on any atom is 0.248 e. The molecule has 0 saturated heterocycles. The number of nitrogens with zero attached hydrogens (tertiary/aromatic N) is 2. The van der Waals surface area contributed by atoms with Crippen LogP contribution in [0.3, 0.4) is 0 Å². The lowest BCUT2D eigenvalue weighted by Crippen LogP contribution is -1.95. The monoisotopic (exact) mass is 382 g/mol. The molecule has 8 nitrogen and oxygen atoms in total. The minimum absolute atomic E-state index is 0.240. The molecule has 0 atom stereocenters. The number of benzene rings is 2. The summed E-state index contributed by atoms with van der Waals surface area (Å²) in [6.07, 6.45) is 3.58. The molecule has 0 fully saturated rings. The topological polar surface area (TPSA) is 85.1 Å². The van der Waals surface area contributed by atoms with E-state index in [0.717, 1.165) is 11.3 Å². The Balaban J connectivity index is 1.59. The molecule has 0 N–H and O–H groups in total. The van der Waals surface area contributed by atoms with E-state index in [4.69, 9.17) is 28.1 Å². The average molecular weight is 382 g/mol. The molecule has 0 radical (unpaired) electrons. The second-order valence-electron chi connectivity index (χ2n) is 5.81. The van der Waals surface area contributed by atoms with E-state index in [1.807, 2.05) is 24.3 Å². The quantitative estimate of drug-likeness (QED) is 0.639. The number of hydrogen-bond donors (Lipinski definition) is 0. The molecule has 0 saturated carbocycles. The van der Waals surface area contributed by atoms with Gasteiger partial charge in [-0.2, -0.15) is 0 Å². The van der Waals surface area contributed by atoms with Crippen molar-refractivity contribution in [1.82, 2.24) is 10.2 Å². The summed E-state index contributed by atoms with van der Waals surface area (Å²) in [5.74, 6) is 3.66. The van der Waals surface area contributed by atoms with Gasteiger partial charge in [-0.15, -0.1) is 10.2 Å². The molecule has 4 rings (SSSR count). The maximum atomic E-state index is 5.74. The fourth-order valence-electron chi connectivity index (χ4n) is 2.81. The highest BCUT2D eigenvalue weighted by Crippen LogP contribution is 2.41. The molecule has 144 valence electrons. The van der Waals surface area contributed by atoms with Crippen LogP contribution in [0.2, 0.25) is 0 Å². The van der Waals surface area contributed by atoms with Crippen molar-refractivity contribution in [2.24, 2.45) is 0 Å². The van der Waals surface area contributed by atoms with E-state index < -0.39 is 0 Å². The predicted octanol–water partition coefficient (Wildman–Crippen LogP) is 3.66. The van der Waals surface area contributed by atoms with Crippen LogP contribution in [0.4, 0.5) is 0 Å². The minimum atomic E-state index is 0.240. The van der Waals surface area contributed by atoms with Gasteiger partial charge in [-0.3, -0.25) is 0 Å². The van der Waals surface area contributed by atoms with Crippen LogP contribution in [0.15, 0.2) is 34.7 Å². The van der Waals surface area contributed by atoms with Crippen molar-refractivity contribution in [2.45, 2.75) is 0 Å². The molecule has 2 heterocycles. The highest BCUT2D eigenvalue weighted by atomic mass is 16.7. The molecular weight excluding hydrogens is 364 g/mol. The molecule has 0 amide bonds. The highest BCUT2D eigenvalue weighted by molar-refractivity contribution is 5.69. The first kappa shape index (κ1) is 17.7. The summed E-state index contributed by atoms with van der Waals surface area (Å²) in [4.78, 5) is 0. The van der Waals surface area contributed by atoms with E-state index in [0.29, 0.717) is 40.3 Å². The van der Waals surface area contributed by atoms with Gasteiger partial charge in [0, 0.05) is 11.6 Å². The summed E-state index contributed by atoms with van der Waals surface area (Å²) in [5, 5.41) is 8.16. The Morgan fingerprint density at radius 2 is 1.61 bits per heavy atom. The van der Waals surface area contributed by atoms with Crippen LogP contribution in [0, 0.1) is 0 Å². The highest BCUT2D eigenvalue weighted by Gasteiger charge is 2.17. The third-order valence-corrected chi connectivity index (χ3v) is 4.17. The number of aromatic nitrogens is 2. The molecule has 0 aliphatic carbocycles. The summed E-state index contributed by atoms with van der Waals surface area (Å²) >= 11 is 0. The second-order valence-corrected chi connectivity index (χ2v) is 5.81. The fourth-order valence-corrected chi connectivity index (χ4v) is 2.81. The summed E-state index contributed by atoms with van der Waals surface area (Å²) < 4.78 is 32.5. The zero-order valence-corrected chi connectivity index (χ0v) is 15.6. The lowest BCUT2D eigenvalue weighted by Gasteiger charge is -2.12. The molecule has 8 heteroatoms. The van der Waals surface area contributed by atoms with Gasteiger partial charge in [0.25, 0.3) is 0 Å². The molecule has 28 heavy (non-hydrogen) atoms. The van der Waals surface area contributed by atoms with E-state index in [1.165, 1.54) is 0 Å². The number of hydrogen-bond acceptors (Lipinski definition) is 8. The molecule has 2 aromatic carbocycles. The third kappa shape index (κ3) is 3.32. The molecule has 0 unspecified atom stereocenters. The first-order chi connectivity index (χ1) is 13.7. The normalized spacial score (nSPS) is 12.4. The van der Waals surface area contributed by atoms with Crippen molar-refractivity contribution in [2.75, 3.05) is 28.1 Å². The Labute approximate surface area is 161 Å². The molecule has 1 aliphatic heterocycles.